The SMILES string of the molecule is CCCCCCCCCCCCCCCC(=O)NSCCCC(=O)OC. The van der Waals surface area contributed by atoms with E-state index in [9.17, 15) is 9.59 Å². The highest BCUT2D eigenvalue weighted by Crippen LogP contribution is 2.13. The molecule has 1 amide bonds. The van der Waals surface area contributed by atoms with Gasteiger partial charge < -0.3 is 9.46 Å². The molecular weight excluding hydrogens is 346 g/mol. The van der Waals surface area contributed by atoms with Gasteiger partial charge in [-0.3, -0.25) is 9.59 Å². The van der Waals surface area contributed by atoms with Gasteiger partial charge in [0.1, 0.15) is 0 Å². The van der Waals surface area contributed by atoms with Crippen LogP contribution in [0, 0.1) is 0 Å². The fourth-order valence-electron chi connectivity index (χ4n) is 2.88. The molecule has 0 aromatic carbocycles. The van der Waals surface area contributed by atoms with Crippen molar-refractivity contribution in [3.05, 3.63) is 0 Å². The predicted octanol–water partition coefficient (Wildman–Crippen LogP) is 6.19. The molecule has 0 atom stereocenters. The molecule has 0 aliphatic heterocycles. The molecule has 5 heteroatoms. The van der Waals surface area contributed by atoms with Crippen molar-refractivity contribution in [1.82, 2.24) is 4.72 Å². The molecule has 0 aromatic rings. The first kappa shape index (κ1) is 25.3. The second-order valence-corrected chi connectivity index (χ2v) is 7.95. The summed E-state index contributed by atoms with van der Waals surface area (Å²) in [6.07, 6.45) is 18.9. The molecule has 0 unspecified atom stereocenters. The molecule has 0 fully saturated rings. The third-order valence-corrected chi connectivity index (χ3v) is 5.41. The van der Waals surface area contributed by atoms with Gasteiger partial charge in [-0.05, 0) is 12.8 Å². The molecule has 154 valence electrons. The third-order valence-electron chi connectivity index (χ3n) is 4.55. The van der Waals surface area contributed by atoms with E-state index < -0.39 is 0 Å². The second kappa shape index (κ2) is 20.6. The average molecular weight is 388 g/mol. The van der Waals surface area contributed by atoms with Crippen LogP contribution in [0.1, 0.15) is 110 Å². The predicted molar refractivity (Wildman–Crippen MR) is 112 cm³/mol. The molecule has 0 radical (unpaired) electrons. The average Bonchev–Trinajstić information content (AvgIpc) is 2.65. The van der Waals surface area contributed by atoms with E-state index >= 15 is 0 Å². The van der Waals surface area contributed by atoms with E-state index in [-0.39, 0.29) is 11.9 Å². The summed E-state index contributed by atoms with van der Waals surface area (Å²) in [5.41, 5.74) is 0. The molecular formula is C21H41NO3S. The number of nitrogens with one attached hydrogen (secondary N) is 1. The van der Waals surface area contributed by atoms with Crippen molar-refractivity contribution in [2.24, 2.45) is 0 Å². The van der Waals surface area contributed by atoms with Crippen molar-refractivity contribution < 1.29 is 14.3 Å². The van der Waals surface area contributed by atoms with Crippen LogP contribution in [-0.4, -0.2) is 24.7 Å². The molecule has 0 bridgehead atoms. The zero-order chi connectivity index (χ0) is 19.3. The number of hydrogen-bond donors (Lipinski definition) is 1. The summed E-state index contributed by atoms with van der Waals surface area (Å²) in [4.78, 5) is 22.6. The monoisotopic (exact) mass is 387 g/mol. The first-order valence-electron chi connectivity index (χ1n) is 10.7. The maximum absolute atomic E-state index is 11.7. The van der Waals surface area contributed by atoms with Crippen LogP contribution in [0.4, 0.5) is 0 Å². The lowest BCUT2D eigenvalue weighted by molar-refractivity contribution is -0.140. The number of amides is 1. The molecule has 0 saturated carbocycles. The van der Waals surface area contributed by atoms with Crippen LogP contribution in [0.5, 0.6) is 0 Å². The van der Waals surface area contributed by atoms with Gasteiger partial charge in [-0.25, -0.2) is 0 Å². The molecule has 4 nitrogen and oxygen atoms in total. The van der Waals surface area contributed by atoms with E-state index in [1.54, 1.807) is 0 Å². The Hall–Kier alpha value is -0.710. The van der Waals surface area contributed by atoms with Crippen LogP contribution in [0.25, 0.3) is 0 Å². The Balaban J connectivity index is 3.17. The molecule has 26 heavy (non-hydrogen) atoms. The van der Waals surface area contributed by atoms with Crippen LogP contribution in [0.3, 0.4) is 0 Å². The standard InChI is InChI=1S/C21H41NO3S/c1-3-4-5-6-7-8-9-10-11-12-13-14-15-17-20(23)22-26-19-16-18-21(24)25-2/h3-19H2,1-2H3,(H,22,23). The molecule has 0 heterocycles. The Bertz CT molecular complexity index is 337. The summed E-state index contributed by atoms with van der Waals surface area (Å²) in [6.45, 7) is 2.27. The number of ether oxygens (including phenoxy) is 1. The van der Waals surface area contributed by atoms with Crippen LogP contribution in [0.2, 0.25) is 0 Å². The van der Waals surface area contributed by atoms with Crippen molar-refractivity contribution >= 4 is 23.8 Å². The number of unbranched alkanes of at least 4 members (excludes halogenated alkanes) is 12. The molecule has 0 aromatic heterocycles. The molecule has 0 saturated heterocycles. The zero-order valence-electron chi connectivity index (χ0n) is 17.2. The number of esters is 1. The van der Waals surface area contributed by atoms with Crippen molar-refractivity contribution in [2.45, 2.75) is 110 Å². The Morgan fingerprint density at radius 3 is 1.73 bits per heavy atom. The van der Waals surface area contributed by atoms with Gasteiger partial charge in [0.15, 0.2) is 0 Å². The largest absolute Gasteiger partial charge is 0.469 e. The summed E-state index contributed by atoms with van der Waals surface area (Å²) in [5, 5.41) is 0. The van der Waals surface area contributed by atoms with E-state index in [0.717, 1.165) is 25.0 Å². The van der Waals surface area contributed by atoms with Crippen LogP contribution >= 0.6 is 11.9 Å². The maximum Gasteiger partial charge on any atom is 0.305 e. The second-order valence-electron chi connectivity index (χ2n) is 7.05. The third kappa shape index (κ3) is 19.6. The fourth-order valence-corrected chi connectivity index (χ4v) is 3.53. The van der Waals surface area contributed by atoms with E-state index in [4.69, 9.17) is 0 Å². The normalized spacial score (nSPS) is 10.7. The Morgan fingerprint density at radius 2 is 1.23 bits per heavy atom. The minimum absolute atomic E-state index is 0.108. The Kier molecular flexibility index (Phi) is 20.0. The van der Waals surface area contributed by atoms with Gasteiger partial charge in [0.05, 0.1) is 7.11 Å². The first-order valence-corrected chi connectivity index (χ1v) is 11.7. The van der Waals surface area contributed by atoms with Gasteiger partial charge in [0, 0.05) is 18.6 Å². The smallest absolute Gasteiger partial charge is 0.305 e. The van der Waals surface area contributed by atoms with Gasteiger partial charge in [0.2, 0.25) is 5.91 Å². The summed E-state index contributed by atoms with van der Waals surface area (Å²) < 4.78 is 7.42. The minimum atomic E-state index is -0.191. The van der Waals surface area contributed by atoms with E-state index in [0.29, 0.717) is 12.8 Å². The van der Waals surface area contributed by atoms with Crippen molar-refractivity contribution in [2.75, 3.05) is 12.9 Å². The number of methoxy groups -OCH3 is 1. The van der Waals surface area contributed by atoms with Crippen LogP contribution < -0.4 is 4.72 Å². The lowest BCUT2D eigenvalue weighted by atomic mass is 10.0. The Labute approximate surface area is 165 Å². The van der Waals surface area contributed by atoms with Gasteiger partial charge >= 0.3 is 5.97 Å². The molecule has 0 spiro atoms. The summed E-state index contributed by atoms with van der Waals surface area (Å²) in [7, 11) is 1.40. The highest BCUT2D eigenvalue weighted by Gasteiger charge is 2.03. The molecule has 0 aliphatic carbocycles. The number of carbonyl (C=O) groups is 2. The fraction of sp³-hybridized carbons (Fsp3) is 0.905. The van der Waals surface area contributed by atoms with Gasteiger partial charge in [0.25, 0.3) is 0 Å². The van der Waals surface area contributed by atoms with Gasteiger partial charge in [-0.2, -0.15) is 0 Å². The molecule has 1 N–H and O–H groups in total. The highest BCUT2D eigenvalue weighted by molar-refractivity contribution is 7.97. The van der Waals surface area contributed by atoms with E-state index in [2.05, 4.69) is 16.4 Å². The molecule has 0 rings (SSSR count). The van der Waals surface area contributed by atoms with Crippen molar-refractivity contribution in [1.29, 1.82) is 0 Å². The molecule has 0 aliphatic rings. The minimum Gasteiger partial charge on any atom is -0.469 e. The van der Waals surface area contributed by atoms with Crippen molar-refractivity contribution in [3.63, 3.8) is 0 Å². The van der Waals surface area contributed by atoms with E-state index in [1.807, 2.05) is 0 Å². The number of rotatable bonds is 19. The highest BCUT2D eigenvalue weighted by atomic mass is 32.2. The first-order chi connectivity index (χ1) is 12.7. The van der Waals surface area contributed by atoms with Crippen molar-refractivity contribution in [3.8, 4) is 0 Å². The maximum atomic E-state index is 11.7. The van der Waals surface area contributed by atoms with E-state index in [1.165, 1.54) is 89.7 Å². The lowest BCUT2D eigenvalue weighted by Gasteiger charge is -2.05. The Morgan fingerprint density at radius 1 is 0.731 bits per heavy atom. The summed E-state index contributed by atoms with van der Waals surface area (Å²) in [6, 6.07) is 0. The topological polar surface area (TPSA) is 55.4 Å². The van der Waals surface area contributed by atoms with Crippen LogP contribution in [-0.2, 0) is 14.3 Å². The summed E-state index contributed by atoms with van der Waals surface area (Å²) >= 11 is 1.39. The number of hydrogen-bond acceptors (Lipinski definition) is 4. The lowest BCUT2D eigenvalue weighted by Crippen LogP contribution is -2.16. The van der Waals surface area contributed by atoms with Gasteiger partial charge in [-0.1, -0.05) is 95.9 Å². The quantitative estimate of drug-likeness (QED) is 0.163. The zero-order valence-corrected chi connectivity index (χ0v) is 18.0. The van der Waals surface area contributed by atoms with Gasteiger partial charge in [-0.15, -0.1) is 0 Å². The summed E-state index contributed by atoms with van der Waals surface area (Å²) in [5.74, 6) is 0.666. The number of carbonyl (C=O) groups excluding carboxylic acids is 2. The van der Waals surface area contributed by atoms with Crippen LogP contribution in [0.15, 0.2) is 0 Å².